The summed E-state index contributed by atoms with van der Waals surface area (Å²) in [6.07, 6.45) is 2.10. The van der Waals surface area contributed by atoms with E-state index in [1.165, 1.54) is 5.56 Å². The summed E-state index contributed by atoms with van der Waals surface area (Å²) in [7, 11) is 0. The van der Waals surface area contributed by atoms with Crippen LogP contribution < -0.4 is 4.90 Å². The third-order valence-corrected chi connectivity index (χ3v) is 5.59. The summed E-state index contributed by atoms with van der Waals surface area (Å²) in [5, 5.41) is 4.03. The molecule has 7 nitrogen and oxygen atoms in total. The number of anilines is 1. The SMILES string of the molecule is CC(C)c1noc(CN2CCN(CC(=O)N3CCCc4ccccc43)CC2)n1. The Hall–Kier alpha value is -2.25. The van der Waals surface area contributed by atoms with Crippen LogP contribution in [0.1, 0.15) is 43.5 Å². The maximum atomic E-state index is 12.9. The molecule has 1 fully saturated rings. The van der Waals surface area contributed by atoms with Gasteiger partial charge >= 0.3 is 0 Å². The van der Waals surface area contributed by atoms with E-state index in [-0.39, 0.29) is 11.8 Å². The van der Waals surface area contributed by atoms with Crippen molar-refractivity contribution in [3.8, 4) is 0 Å². The van der Waals surface area contributed by atoms with Crippen molar-refractivity contribution in [2.45, 2.75) is 39.2 Å². The summed E-state index contributed by atoms with van der Waals surface area (Å²) in [6, 6.07) is 8.28. The number of carbonyl (C=O) groups excluding carboxylic acids is 1. The van der Waals surface area contributed by atoms with Crippen LogP contribution in [0.5, 0.6) is 0 Å². The van der Waals surface area contributed by atoms with Gasteiger partial charge in [-0.15, -0.1) is 0 Å². The van der Waals surface area contributed by atoms with Crippen LogP contribution in [0.4, 0.5) is 5.69 Å². The second-order valence-electron chi connectivity index (χ2n) is 8.03. The predicted octanol–water partition coefficient (Wildman–Crippen LogP) is 2.29. The van der Waals surface area contributed by atoms with Crippen molar-refractivity contribution in [1.29, 1.82) is 0 Å². The first-order valence-electron chi connectivity index (χ1n) is 10.3. The van der Waals surface area contributed by atoms with Gasteiger partial charge in [-0.05, 0) is 24.5 Å². The van der Waals surface area contributed by atoms with Crippen LogP contribution >= 0.6 is 0 Å². The van der Waals surface area contributed by atoms with Gasteiger partial charge in [-0.25, -0.2) is 0 Å². The van der Waals surface area contributed by atoms with Crippen molar-refractivity contribution < 1.29 is 9.32 Å². The number of benzene rings is 1. The zero-order chi connectivity index (χ0) is 19.5. The van der Waals surface area contributed by atoms with Gasteiger partial charge in [0, 0.05) is 44.3 Å². The minimum atomic E-state index is 0.207. The fourth-order valence-corrected chi connectivity index (χ4v) is 3.93. The number of piperazine rings is 1. The van der Waals surface area contributed by atoms with Crippen LogP contribution in [0, 0.1) is 0 Å². The molecule has 28 heavy (non-hydrogen) atoms. The molecule has 2 aliphatic heterocycles. The van der Waals surface area contributed by atoms with Crippen molar-refractivity contribution >= 4 is 11.6 Å². The molecule has 0 bridgehead atoms. The normalized spacial score (nSPS) is 18.5. The molecule has 1 saturated heterocycles. The number of hydrogen-bond acceptors (Lipinski definition) is 6. The van der Waals surface area contributed by atoms with E-state index >= 15 is 0 Å². The summed E-state index contributed by atoms with van der Waals surface area (Å²) >= 11 is 0. The van der Waals surface area contributed by atoms with Crippen molar-refractivity contribution in [1.82, 2.24) is 19.9 Å². The summed E-state index contributed by atoms with van der Waals surface area (Å²) in [5.74, 6) is 1.93. The number of hydrogen-bond donors (Lipinski definition) is 0. The van der Waals surface area contributed by atoms with E-state index in [9.17, 15) is 4.79 Å². The fourth-order valence-electron chi connectivity index (χ4n) is 3.93. The molecule has 0 unspecified atom stereocenters. The van der Waals surface area contributed by atoms with Gasteiger partial charge in [0.15, 0.2) is 5.82 Å². The Balaban J connectivity index is 1.28. The van der Waals surface area contributed by atoms with Crippen LogP contribution in [0.2, 0.25) is 0 Å². The molecule has 2 aromatic rings. The van der Waals surface area contributed by atoms with Gasteiger partial charge in [-0.2, -0.15) is 4.98 Å². The third-order valence-electron chi connectivity index (χ3n) is 5.59. The Morgan fingerprint density at radius 1 is 1.11 bits per heavy atom. The summed E-state index contributed by atoms with van der Waals surface area (Å²) < 4.78 is 5.36. The molecule has 2 aliphatic rings. The first-order valence-corrected chi connectivity index (χ1v) is 10.3. The van der Waals surface area contributed by atoms with Gasteiger partial charge in [0.25, 0.3) is 0 Å². The molecule has 0 N–H and O–H groups in total. The first kappa shape index (κ1) is 19.1. The zero-order valence-electron chi connectivity index (χ0n) is 16.8. The molecule has 1 aromatic carbocycles. The average Bonchev–Trinajstić information content (AvgIpc) is 3.18. The van der Waals surface area contributed by atoms with E-state index in [1.54, 1.807) is 0 Å². The predicted molar refractivity (Wildman–Crippen MR) is 107 cm³/mol. The highest BCUT2D eigenvalue weighted by atomic mass is 16.5. The standard InChI is InChI=1S/C21H29N5O2/c1-16(2)21-22-19(28-23-21)14-24-10-12-25(13-11-24)15-20(27)26-9-5-7-17-6-3-4-8-18(17)26/h3-4,6,8,16H,5,7,9-15H2,1-2H3. The van der Waals surface area contributed by atoms with Crippen LogP contribution in [-0.4, -0.2) is 65.1 Å². The number of nitrogens with zero attached hydrogens (tertiary/aromatic N) is 5. The van der Waals surface area contributed by atoms with E-state index in [1.807, 2.05) is 11.0 Å². The highest BCUT2D eigenvalue weighted by Gasteiger charge is 2.26. The van der Waals surface area contributed by atoms with E-state index in [2.05, 4.69) is 52.0 Å². The number of aromatic nitrogens is 2. The lowest BCUT2D eigenvalue weighted by Gasteiger charge is -2.36. The van der Waals surface area contributed by atoms with Crippen molar-refractivity contribution in [3.05, 3.63) is 41.5 Å². The van der Waals surface area contributed by atoms with Crippen molar-refractivity contribution in [2.24, 2.45) is 0 Å². The smallest absolute Gasteiger partial charge is 0.241 e. The lowest BCUT2D eigenvalue weighted by molar-refractivity contribution is -0.120. The second-order valence-corrected chi connectivity index (χ2v) is 8.03. The molecule has 0 saturated carbocycles. The highest BCUT2D eigenvalue weighted by molar-refractivity contribution is 5.95. The monoisotopic (exact) mass is 383 g/mol. The molecule has 1 aromatic heterocycles. The number of rotatable bonds is 5. The van der Waals surface area contributed by atoms with E-state index in [0.29, 0.717) is 19.0 Å². The van der Waals surface area contributed by atoms with Crippen LogP contribution in [0.25, 0.3) is 0 Å². The second kappa shape index (κ2) is 8.41. The summed E-state index contributed by atoms with van der Waals surface area (Å²) in [6.45, 7) is 9.69. The Morgan fingerprint density at radius 2 is 1.86 bits per heavy atom. The minimum absolute atomic E-state index is 0.207. The Bertz CT molecular complexity index is 811. The fraction of sp³-hybridized carbons (Fsp3) is 0.571. The molecule has 0 spiro atoms. The maximum absolute atomic E-state index is 12.9. The molecular weight excluding hydrogens is 354 g/mol. The average molecular weight is 383 g/mol. The zero-order valence-corrected chi connectivity index (χ0v) is 16.8. The molecule has 150 valence electrons. The molecule has 0 atom stereocenters. The number of para-hydroxylation sites is 1. The van der Waals surface area contributed by atoms with Gasteiger partial charge < -0.3 is 9.42 Å². The molecule has 0 aliphatic carbocycles. The van der Waals surface area contributed by atoms with Gasteiger partial charge in [-0.1, -0.05) is 37.2 Å². The van der Waals surface area contributed by atoms with E-state index < -0.39 is 0 Å². The lowest BCUT2D eigenvalue weighted by atomic mass is 10.0. The molecular formula is C21H29N5O2. The largest absolute Gasteiger partial charge is 0.338 e. The van der Waals surface area contributed by atoms with Crippen molar-refractivity contribution in [2.75, 3.05) is 44.2 Å². The molecule has 7 heteroatoms. The van der Waals surface area contributed by atoms with Gasteiger partial charge in [-0.3, -0.25) is 14.6 Å². The summed E-state index contributed by atoms with van der Waals surface area (Å²) in [5.41, 5.74) is 2.38. The Morgan fingerprint density at radius 3 is 2.61 bits per heavy atom. The van der Waals surface area contributed by atoms with Gasteiger partial charge in [0.1, 0.15) is 0 Å². The maximum Gasteiger partial charge on any atom is 0.241 e. The Kier molecular flexibility index (Phi) is 5.73. The Labute approximate surface area is 166 Å². The number of amides is 1. The topological polar surface area (TPSA) is 65.7 Å². The van der Waals surface area contributed by atoms with E-state index in [4.69, 9.17) is 4.52 Å². The molecule has 1 amide bonds. The highest BCUT2D eigenvalue weighted by Crippen LogP contribution is 2.26. The first-order chi connectivity index (χ1) is 13.6. The number of carbonyl (C=O) groups is 1. The minimum Gasteiger partial charge on any atom is -0.338 e. The van der Waals surface area contributed by atoms with Gasteiger partial charge in [0.05, 0.1) is 13.1 Å². The molecule has 0 radical (unpaired) electrons. The van der Waals surface area contributed by atoms with Crippen LogP contribution in [-0.2, 0) is 17.8 Å². The quantitative estimate of drug-likeness (QED) is 0.789. The van der Waals surface area contributed by atoms with E-state index in [0.717, 1.165) is 57.1 Å². The molecule has 3 heterocycles. The third kappa shape index (κ3) is 4.25. The lowest BCUT2D eigenvalue weighted by Crippen LogP contribution is -2.50. The number of aryl methyl sites for hydroxylation is 1. The molecule has 4 rings (SSSR count). The van der Waals surface area contributed by atoms with Gasteiger partial charge in [0.2, 0.25) is 11.8 Å². The van der Waals surface area contributed by atoms with Crippen LogP contribution in [0.15, 0.2) is 28.8 Å². The van der Waals surface area contributed by atoms with Crippen LogP contribution in [0.3, 0.4) is 0 Å². The summed E-state index contributed by atoms with van der Waals surface area (Å²) in [4.78, 5) is 23.9. The number of fused-ring (bicyclic) bond motifs is 1. The van der Waals surface area contributed by atoms with Crippen molar-refractivity contribution in [3.63, 3.8) is 0 Å².